The van der Waals surface area contributed by atoms with Crippen molar-refractivity contribution >= 4 is 9.03 Å². The van der Waals surface area contributed by atoms with E-state index in [0.29, 0.717) is 18.3 Å². The molecule has 4 heteroatoms. The van der Waals surface area contributed by atoms with Gasteiger partial charge in [-0.15, -0.1) is 0 Å². The molecular formula is C16H19O3P. The summed E-state index contributed by atoms with van der Waals surface area (Å²) in [7, 11) is -0.534. The van der Waals surface area contributed by atoms with Gasteiger partial charge < -0.3 is 14.2 Å². The first-order valence-corrected chi connectivity index (χ1v) is 7.42. The van der Waals surface area contributed by atoms with Crippen molar-refractivity contribution in [2.24, 2.45) is 0 Å². The summed E-state index contributed by atoms with van der Waals surface area (Å²) in [5.41, 5.74) is 2.48. The molecule has 0 saturated carbocycles. The molecule has 1 N–H and O–H groups in total. The van der Waals surface area contributed by atoms with Crippen LogP contribution in [0.4, 0.5) is 0 Å². The van der Waals surface area contributed by atoms with E-state index in [4.69, 9.17) is 14.2 Å². The Labute approximate surface area is 121 Å². The van der Waals surface area contributed by atoms with Gasteiger partial charge >= 0.3 is 0 Å². The molecular weight excluding hydrogens is 271 g/mol. The second kappa shape index (κ2) is 7.28. The van der Waals surface area contributed by atoms with Crippen molar-refractivity contribution in [1.29, 1.82) is 0 Å². The van der Waals surface area contributed by atoms with Crippen LogP contribution in [0.15, 0.2) is 48.5 Å². The van der Waals surface area contributed by atoms with E-state index < -0.39 is 9.03 Å². The molecule has 3 nitrogen and oxygen atoms in total. The van der Waals surface area contributed by atoms with Crippen LogP contribution in [0.5, 0.6) is 11.5 Å². The number of hydrogen-bond acceptors (Lipinski definition) is 3. The van der Waals surface area contributed by atoms with E-state index in [9.17, 15) is 0 Å². The van der Waals surface area contributed by atoms with Gasteiger partial charge in [0.15, 0.2) is 0 Å². The first-order chi connectivity index (χ1) is 9.69. The van der Waals surface area contributed by atoms with Crippen LogP contribution in [0, 0.1) is 0 Å². The lowest BCUT2D eigenvalue weighted by Gasteiger charge is -2.10. The van der Waals surface area contributed by atoms with Crippen molar-refractivity contribution in [3.63, 3.8) is 0 Å². The molecule has 0 amide bonds. The minimum atomic E-state index is -0.534. The van der Waals surface area contributed by atoms with Crippen LogP contribution in [0.1, 0.15) is 30.9 Å². The summed E-state index contributed by atoms with van der Waals surface area (Å²) in [5.74, 6) is 1.94. The van der Waals surface area contributed by atoms with Crippen molar-refractivity contribution in [3.8, 4) is 11.5 Å². The fraction of sp³-hybridized carbons (Fsp3) is 0.250. The van der Waals surface area contributed by atoms with Crippen LogP contribution in [0.3, 0.4) is 0 Å². The SMILES string of the molecule is CC(C)c1cccc(COc2ccc(OPO)cc2)c1. The lowest BCUT2D eigenvalue weighted by molar-refractivity contribution is 0.306. The lowest BCUT2D eigenvalue weighted by atomic mass is 10.0. The van der Waals surface area contributed by atoms with Gasteiger partial charge in [0, 0.05) is 0 Å². The zero-order chi connectivity index (χ0) is 14.4. The largest absolute Gasteiger partial charge is 0.489 e. The number of benzene rings is 2. The first kappa shape index (κ1) is 14.8. The fourth-order valence-electron chi connectivity index (χ4n) is 1.87. The molecule has 1 unspecified atom stereocenters. The number of hydrogen-bond donors (Lipinski definition) is 1. The van der Waals surface area contributed by atoms with E-state index in [1.54, 1.807) is 12.1 Å². The standard InChI is InChI=1S/C16H19O3P/c1-12(2)14-5-3-4-13(10-14)11-18-15-6-8-16(9-7-15)19-20-17/h3-10,12,17,20H,11H2,1-2H3. The highest BCUT2D eigenvalue weighted by molar-refractivity contribution is 7.25. The van der Waals surface area contributed by atoms with E-state index in [1.807, 2.05) is 12.1 Å². The van der Waals surface area contributed by atoms with Gasteiger partial charge in [-0.1, -0.05) is 38.1 Å². The summed E-state index contributed by atoms with van der Waals surface area (Å²) >= 11 is 0. The lowest BCUT2D eigenvalue weighted by Crippen LogP contribution is -1.97. The smallest absolute Gasteiger partial charge is 0.212 e. The second-order valence-corrected chi connectivity index (χ2v) is 5.24. The molecule has 106 valence electrons. The highest BCUT2D eigenvalue weighted by atomic mass is 31.1. The molecule has 0 aromatic heterocycles. The molecule has 0 radical (unpaired) electrons. The third-order valence-electron chi connectivity index (χ3n) is 3.01. The maximum atomic E-state index is 8.69. The number of ether oxygens (including phenoxy) is 1. The first-order valence-electron chi connectivity index (χ1n) is 6.56. The highest BCUT2D eigenvalue weighted by Crippen LogP contribution is 2.22. The molecule has 0 heterocycles. The third kappa shape index (κ3) is 4.22. The topological polar surface area (TPSA) is 38.7 Å². The Bertz CT molecular complexity index is 538. The maximum absolute atomic E-state index is 8.69. The minimum absolute atomic E-state index is 0.519. The van der Waals surface area contributed by atoms with Crippen LogP contribution >= 0.6 is 9.03 Å². The van der Waals surface area contributed by atoms with Gasteiger partial charge in [0.25, 0.3) is 0 Å². The Morgan fingerprint density at radius 2 is 1.75 bits per heavy atom. The Balaban J connectivity index is 1.96. The molecule has 2 aromatic rings. The Kier molecular flexibility index (Phi) is 5.40. The summed E-state index contributed by atoms with van der Waals surface area (Å²) in [6.45, 7) is 4.91. The average Bonchev–Trinajstić information content (AvgIpc) is 2.47. The quantitative estimate of drug-likeness (QED) is 0.807. The predicted octanol–water partition coefficient (Wildman–Crippen LogP) is 4.27. The summed E-state index contributed by atoms with van der Waals surface area (Å²) in [4.78, 5) is 8.69. The third-order valence-corrected chi connectivity index (χ3v) is 3.34. The molecule has 0 aliphatic heterocycles. The Morgan fingerprint density at radius 1 is 1.05 bits per heavy atom. The van der Waals surface area contributed by atoms with Gasteiger partial charge in [-0.05, 0) is 41.3 Å². The monoisotopic (exact) mass is 290 g/mol. The van der Waals surface area contributed by atoms with Crippen molar-refractivity contribution in [2.75, 3.05) is 0 Å². The molecule has 0 bridgehead atoms. The molecule has 2 rings (SSSR count). The summed E-state index contributed by atoms with van der Waals surface area (Å²) in [5, 5.41) is 0. The van der Waals surface area contributed by atoms with Crippen LogP contribution in [-0.2, 0) is 6.61 Å². The van der Waals surface area contributed by atoms with E-state index in [1.165, 1.54) is 5.56 Å². The van der Waals surface area contributed by atoms with Crippen LogP contribution in [0.2, 0.25) is 0 Å². The van der Waals surface area contributed by atoms with Gasteiger partial charge in [-0.25, -0.2) is 0 Å². The van der Waals surface area contributed by atoms with Crippen molar-refractivity contribution in [2.45, 2.75) is 26.4 Å². The fourth-order valence-corrected chi connectivity index (χ4v) is 2.11. The summed E-state index contributed by atoms with van der Waals surface area (Å²) in [6.07, 6.45) is 0. The molecule has 1 atom stereocenters. The van der Waals surface area contributed by atoms with E-state index in [-0.39, 0.29) is 0 Å². The van der Waals surface area contributed by atoms with E-state index in [0.717, 1.165) is 11.3 Å². The van der Waals surface area contributed by atoms with Crippen molar-refractivity contribution in [3.05, 3.63) is 59.7 Å². The van der Waals surface area contributed by atoms with Gasteiger partial charge in [-0.2, -0.15) is 0 Å². The molecule has 0 spiro atoms. The molecule has 0 aliphatic carbocycles. The normalized spacial score (nSPS) is 11.2. The molecule has 0 aliphatic rings. The van der Waals surface area contributed by atoms with E-state index in [2.05, 4.69) is 38.1 Å². The maximum Gasteiger partial charge on any atom is 0.212 e. The van der Waals surface area contributed by atoms with Crippen LogP contribution < -0.4 is 9.26 Å². The van der Waals surface area contributed by atoms with E-state index >= 15 is 0 Å². The molecule has 0 saturated heterocycles. The Hall–Kier alpha value is -1.57. The summed E-state index contributed by atoms with van der Waals surface area (Å²) < 4.78 is 10.7. The van der Waals surface area contributed by atoms with Crippen LogP contribution in [0.25, 0.3) is 0 Å². The molecule has 20 heavy (non-hydrogen) atoms. The zero-order valence-corrected chi connectivity index (χ0v) is 12.7. The van der Waals surface area contributed by atoms with Gasteiger partial charge in [0.1, 0.15) is 18.1 Å². The molecule has 2 aromatic carbocycles. The van der Waals surface area contributed by atoms with Gasteiger partial charge in [0.05, 0.1) is 0 Å². The minimum Gasteiger partial charge on any atom is -0.489 e. The average molecular weight is 290 g/mol. The highest BCUT2D eigenvalue weighted by Gasteiger charge is 2.01. The van der Waals surface area contributed by atoms with Gasteiger partial charge in [-0.3, -0.25) is 0 Å². The molecule has 0 fully saturated rings. The predicted molar refractivity (Wildman–Crippen MR) is 82.5 cm³/mol. The summed E-state index contributed by atoms with van der Waals surface area (Å²) in [6, 6.07) is 15.7. The Morgan fingerprint density at radius 3 is 2.40 bits per heavy atom. The van der Waals surface area contributed by atoms with Crippen molar-refractivity contribution in [1.82, 2.24) is 0 Å². The zero-order valence-electron chi connectivity index (χ0n) is 11.7. The number of rotatable bonds is 6. The second-order valence-electron chi connectivity index (χ2n) is 4.85. The van der Waals surface area contributed by atoms with Gasteiger partial charge in [0.2, 0.25) is 9.03 Å². The van der Waals surface area contributed by atoms with Crippen molar-refractivity contribution < 1.29 is 14.2 Å². The van der Waals surface area contributed by atoms with Crippen LogP contribution in [-0.4, -0.2) is 4.89 Å².